The molecule has 4 aromatic carbocycles. The van der Waals surface area contributed by atoms with Crippen LogP contribution in [-0.2, 0) is 38.1 Å². The highest BCUT2D eigenvalue weighted by molar-refractivity contribution is 6.31. The summed E-state index contributed by atoms with van der Waals surface area (Å²) in [6.45, 7) is 6.84. The first-order valence-corrected chi connectivity index (χ1v) is 28.2. The Balaban J connectivity index is 0.000000194. The van der Waals surface area contributed by atoms with E-state index >= 15 is 0 Å². The largest absolute Gasteiger partial charge is 0.493 e. The first-order chi connectivity index (χ1) is 38.9. The van der Waals surface area contributed by atoms with Crippen LogP contribution in [0.2, 0.25) is 10.0 Å². The van der Waals surface area contributed by atoms with Gasteiger partial charge >= 0.3 is 11.9 Å². The highest BCUT2D eigenvalue weighted by atomic mass is 35.5. The Morgan fingerprint density at radius 1 is 0.500 bits per heavy atom. The van der Waals surface area contributed by atoms with Crippen molar-refractivity contribution in [1.29, 1.82) is 0 Å². The van der Waals surface area contributed by atoms with Crippen LogP contribution < -0.4 is 18.9 Å². The number of rotatable bonds is 16. The van der Waals surface area contributed by atoms with E-state index in [1.165, 1.54) is 0 Å². The lowest BCUT2D eigenvalue weighted by atomic mass is 9.93. The number of para-hydroxylation sites is 2. The lowest BCUT2D eigenvalue weighted by Crippen LogP contribution is -2.39. The maximum atomic E-state index is 13.6. The minimum atomic E-state index is -0.563. The van der Waals surface area contributed by atoms with Crippen LogP contribution in [0.15, 0.2) is 109 Å². The number of ether oxygens (including phenoxy) is 8. The van der Waals surface area contributed by atoms with E-state index in [9.17, 15) is 19.2 Å². The van der Waals surface area contributed by atoms with Crippen LogP contribution in [0.5, 0.6) is 23.0 Å². The number of carbonyl (C=O) groups is 4. The molecule has 16 nitrogen and oxygen atoms in total. The van der Waals surface area contributed by atoms with Crippen molar-refractivity contribution in [2.75, 3.05) is 67.8 Å². The van der Waals surface area contributed by atoms with Gasteiger partial charge in [0.25, 0.3) is 0 Å². The molecule has 6 aromatic rings. The third-order valence-corrected chi connectivity index (χ3v) is 16.0. The summed E-state index contributed by atoms with van der Waals surface area (Å²) in [4.78, 5) is 54.8. The molecule has 4 aliphatic heterocycles. The van der Waals surface area contributed by atoms with Gasteiger partial charge in [0, 0.05) is 83.7 Å². The number of hydrogen-bond acceptors (Lipinski definition) is 12. The minimum Gasteiger partial charge on any atom is -0.493 e. The molecule has 424 valence electrons. The van der Waals surface area contributed by atoms with Crippen molar-refractivity contribution >= 4 is 47.0 Å². The molecule has 18 heteroatoms. The zero-order valence-corrected chi connectivity index (χ0v) is 47.7. The third-order valence-electron chi connectivity index (χ3n) is 15.5. The van der Waals surface area contributed by atoms with E-state index in [0.717, 1.165) is 70.7 Å². The topological polar surface area (TPSA) is 158 Å². The highest BCUT2D eigenvalue weighted by Gasteiger charge is 2.38. The summed E-state index contributed by atoms with van der Waals surface area (Å²) in [5.74, 6) is 2.50. The molecule has 6 heterocycles. The normalized spacial score (nSPS) is 18.9. The number of fused-ring (bicyclic) bond motifs is 6. The standard InChI is InChI=1S/2C31H35ClN2O6/c2*1-4-39-29(36)17-20-12-15-33(16-13-20)28(35)19-27-25-8-6-14-34(25)24-11-10-21(32)18-23(24)30(40-27)22-7-5-9-26(37-2)31(22)38-3/h2*5-11,14,18,20,27,30H,4,12-13,15-17,19H2,1-3H3/t2*27-,30-/m10/s1. The average molecular weight is 1130 g/mol. The van der Waals surface area contributed by atoms with Crippen LogP contribution in [0.4, 0.5) is 0 Å². The van der Waals surface area contributed by atoms with Gasteiger partial charge in [0.2, 0.25) is 11.8 Å². The molecule has 4 aliphatic rings. The molecule has 0 bridgehead atoms. The number of hydrogen-bond donors (Lipinski definition) is 0. The van der Waals surface area contributed by atoms with Gasteiger partial charge in [0.1, 0.15) is 24.4 Å². The summed E-state index contributed by atoms with van der Waals surface area (Å²) in [7, 11) is 6.41. The van der Waals surface area contributed by atoms with Crippen molar-refractivity contribution in [3.8, 4) is 34.4 Å². The van der Waals surface area contributed by atoms with E-state index in [-0.39, 0.29) is 48.4 Å². The van der Waals surface area contributed by atoms with Gasteiger partial charge in [-0.15, -0.1) is 0 Å². The average Bonchev–Trinajstić information content (AvgIpc) is 4.18. The summed E-state index contributed by atoms with van der Waals surface area (Å²) >= 11 is 13.0. The number of carbonyl (C=O) groups excluding carboxylic acids is 4. The first kappa shape index (κ1) is 57.7. The van der Waals surface area contributed by atoms with Gasteiger partial charge in [-0.25, -0.2) is 0 Å². The van der Waals surface area contributed by atoms with Crippen molar-refractivity contribution < 1.29 is 57.1 Å². The van der Waals surface area contributed by atoms with E-state index < -0.39 is 24.4 Å². The number of halogens is 2. The monoisotopic (exact) mass is 1130 g/mol. The molecule has 2 saturated heterocycles. The molecular weight excluding hydrogens is 1060 g/mol. The van der Waals surface area contributed by atoms with E-state index in [2.05, 4.69) is 9.13 Å². The summed E-state index contributed by atoms with van der Waals surface area (Å²) < 4.78 is 50.7. The fourth-order valence-corrected chi connectivity index (χ4v) is 11.9. The van der Waals surface area contributed by atoms with Crippen molar-refractivity contribution in [2.24, 2.45) is 11.8 Å². The van der Waals surface area contributed by atoms with Crippen molar-refractivity contribution in [3.63, 3.8) is 0 Å². The van der Waals surface area contributed by atoms with Crippen LogP contribution in [0, 0.1) is 11.8 Å². The summed E-state index contributed by atoms with van der Waals surface area (Å²) in [5, 5.41) is 1.17. The maximum Gasteiger partial charge on any atom is 0.306 e. The number of methoxy groups -OCH3 is 4. The van der Waals surface area contributed by atoms with Gasteiger partial charge in [0.05, 0.1) is 77.3 Å². The molecule has 4 atom stereocenters. The van der Waals surface area contributed by atoms with E-state index in [1.807, 2.05) is 133 Å². The Kier molecular flexibility index (Phi) is 19.1. The molecule has 80 heavy (non-hydrogen) atoms. The van der Waals surface area contributed by atoms with Gasteiger partial charge in [-0.3, -0.25) is 19.2 Å². The number of esters is 2. The number of piperidine rings is 2. The predicted molar refractivity (Wildman–Crippen MR) is 302 cm³/mol. The smallest absolute Gasteiger partial charge is 0.306 e. The second-order valence-electron chi connectivity index (χ2n) is 20.3. The van der Waals surface area contributed by atoms with Crippen LogP contribution >= 0.6 is 23.2 Å². The lowest BCUT2D eigenvalue weighted by molar-refractivity contribution is -0.146. The predicted octanol–water partition coefficient (Wildman–Crippen LogP) is 11.8. The molecule has 0 unspecified atom stereocenters. The van der Waals surface area contributed by atoms with Crippen LogP contribution in [0.3, 0.4) is 0 Å². The molecule has 2 fully saturated rings. The highest BCUT2D eigenvalue weighted by Crippen LogP contribution is 2.49. The molecule has 0 spiro atoms. The van der Waals surface area contributed by atoms with Crippen LogP contribution in [0.25, 0.3) is 11.4 Å². The van der Waals surface area contributed by atoms with E-state index in [1.54, 1.807) is 28.4 Å². The Hall–Kier alpha value is -6.98. The molecule has 0 saturated carbocycles. The molecule has 0 radical (unpaired) electrons. The van der Waals surface area contributed by atoms with E-state index in [4.69, 9.17) is 61.1 Å². The number of aromatic nitrogens is 2. The number of likely N-dealkylation sites (tertiary alicyclic amines) is 2. The van der Waals surface area contributed by atoms with Gasteiger partial charge in [-0.2, -0.15) is 0 Å². The Labute approximate surface area is 477 Å². The third kappa shape index (κ3) is 12.8. The Morgan fingerprint density at radius 2 is 0.900 bits per heavy atom. The second-order valence-corrected chi connectivity index (χ2v) is 21.1. The maximum absolute atomic E-state index is 13.6. The summed E-state index contributed by atoms with van der Waals surface area (Å²) in [6, 6.07) is 30.8. The van der Waals surface area contributed by atoms with Crippen molar-refractivity contribution in [3.05, 3.63) is 153 Å². The van der Waals surface area contributed by atoms with Gasteiger partial charge < -0.3 is 56.8 Å². The number of benzene rings is 4. The van der Waals surface area contributed by atoms with Gasteiger partial charge in [-0.05, 0) is 124 Å². The first-order valence-electron chi connectivity index (χ1n) is 27.4. The fraction of sp³-hybridized carbons (Fsp3) is 0.419. The van der Waals surface area contributed by atoms with Crippen molar-refractivity contribution in [1.82, 2.24) is 18.9 Å². The van der Waals surface area contributed by atoms with Crippen LogP contribution in [0.1, 0.15) is 123 Å². The van der Waals surface area contributed by atoms with Gasteiger partial charge in [0.15, 0.2) is 23.0 Å². The van der Waals surface area contributed by atoms with Gasteiger partial charge in [-0.1, -0.05) is 47.5 Å². The van der Waals surface area contributed by atoms with Crippen molar-refractivity contribution in [2.45, 2.75) is 89.6 Å². The Bertz CT molecular complexity index is 2930. The Morgan fingerprint density at radius 3 is 1.26 bits per heavy atom. The molecule has 10 rings (SSSR count). The quantitative estimate of drug-likeness (QED) is 0.0846. The van der Waals surface area contributed by atoms with Crippen LogP contribution in [-0.4, -0.2) is 111 Å². The zero-order valence-electron chi connectivity index (χ0n) is 46.2. The number of nitrogens with zero attached hydrogens (tertiary/aromatic N) is 4. The molecule has 2 aromatic heterocycles. The summed E-state index contributed by atoms with van der Waals surface area (Å²) in [6.07, 6.45) is 6.07. The zero-order chi connectivity index (χ0) is 56.5. The molecular formula is C62H70Cl2N4O12. The fourth-order valence-electron chi connectivity index (χ4n) is 11.6. The minimum absolute atomic E-state index is 0.0210. The number of amides is 2. The SMILES string of the molecule is CCOC(=O)CC1CCN(C(=O)C[C@@H]2O[C@@H](c3cccc(OC)c3OC)c3cc(Cl)ccc3-n3cccc32)CC1.CCOC(=O)CC1CCN(C(=O)C[C@H]2O[C@H](c3cccc(OC)c3OC)c3cc(Cl)ccc3-n3cccc32)CC1. The summed E-state index contributed by atoms with van der Waals surface area (Å²) in [5.41, 5.74) is 6.93. The lowest BCUT2D eigenvalue weighted by Gasteiger charge is -2.33. The molecule has 0 aliphatic carbocycles. The molecule has 0 N–H and O–H groups in total. The second kappa shape index (κ2) is 26.5. The van der Waals surface area contributed by atoms with E-state index in [0.29, 0.717) is 85.3 Å². The molecule has 2 amide bonds.